The molecule has 11 heavy (non-hydrogen) atoms. The smallest absolute Gasteiger partial charge is 0.140 e. The van der Waals surface area contributed by atoms with Crippen molar-refractivity contribution in [3.63, 3.8) is 0 Å². The Hall–Kier alpha value is -0.580. The normalized spacial score (nSPS) is 10.7. The molecule has 0 atom stereocenters. The number of hydrogen-bond donors (Lipinski definition) is 0. The molecule has 0 aliphatic heterocycles. The van der Waals surface area contributed by atoms with Crippen LogP contribution in [0.1, 0.15) is 5.56 Å². The number of halogens is 1. The molecule has 2 rings (SSSR count). The van der Waals surface area contributed by atoms with Gasteiger partial charge in [0, 0.05) is 6.20 Å². The van der Waals surface area contributed by atoms with Gasteiger partial charge in [0.05, 0.1) is 6.20 Å². The maximum absolute atomic E-state index is 4.27. The minimum atomic E-state index is 1.05. The van der Waals surface area contributed by atoms with Crippen molar-refractivity contribution in [2.45, 2.75) is 6.92 Å². The van der Waals surface area contributed by atoms with Crippen LogP contribution in [0.3, 0.4) is 0 Å². The minimum absolute atomic E-state index is 1.05. The van der Waals surface area contributed by atoms with E-state index in [9.17, 15) is 0 Å². The summed E-state index contributed by atoms with van der Waals surface area (Å²) in [5.74, 6) is 0. The van der Waals surface area contributed by atoms with Gasteiger partial charge in [0.2, 0.25) is 0 Å². The molecule has 0 N–H and O–H groups in total. The Morgan fingerprint density at radius 2 is 2.36 bits per heavy atom. The summed E-state index contributed by atoms with van der Waals surface area (Å²) in [7, 11) is 0. The van der Waals surface area contributed by atoms with Gasteiger partial charge in [0.25, 0.3) is 0 Å². The number of hydrogen-bond acceptors (Lipinski definition) is 1. The van der Waals surface area contributed by atoms with Crippen LogP contribution in [0.5, 0.6) is 0 Å². The first-order valence-electron chi connectivity index (χ1n) is 3.37. The molecule has 0 spiro atoms. The van der Waals surface area contributed by atoms with Crippen molar-refractivity contribution in [1.82, 2.24) is 9.38 Å². The van der Waals surface area contributed by atoms with Crippen molar-refractivity contribution < 1.29 is 0 Å². The molecule has 2 aromatic heterocycles. The van der Waals surface area contributed by atoms with Gasteiger partial charge in [0.1, 0.15) is 9.35 Å². The van der Waals surface area contributed by atoms with E-state index in [4.69, 9.17) is 0 Å². The second kappa shape index (κ2) is 2.48. The first kappa shape index (κ1) is 7.09. The predicted molar refractivity (Wildman–Crippen MR) is 52.6 cm³/mol. The number of fused-ring (bicyclic) bond motifs is 1. The summed E-state index contributed by atoms with van der Waals surface area (Å²) < 4.78 is 3.23. The highest BCUT2D eigenvalue weighted by Gasteiger charge is 1.99. The number of aryl methyl sites for hydroxylation is 1. The van der Waals surface area contributed by atoms with E-state index in [2.05, 4.69) is 45.0 Å². The molecule has 0 aliphatic carbocycles. The molecule has 0 aromatic carbocycles. The standard InChI is InChI=1S/C8H7IN2/c1-6-3-2-4-11-7(9)5-10-8(6)11/h2-5H,1H3. The lowest BCUT2D eigenvalue weighted by Gasteiger charge is -1.96. The topological polar surface area (TPSA) is 17.3 Å². The average molecular weight is 258 g/mol. The lowest BCUT2D eigenvalue weighted by atomic mass is 10.3. The summed E-state index contributed by atoms with van der Waals surface area (Å²) in [6.07, 6.45) is 3.90. The van der Waals surface area contributed by atoms with Gasteiger partial charge in [0.15, 0.2) is 0 Å². The molecule has 0 aliphatic rings. The highest BCUT2D eigenvalue weighted by atomic mass is 127. The fraction of sp³-hybridized carbons (Fsp3) is 0.125. The fourth-order valence-corrected chi connectivity index (χ4v) is 1.65. The molecule has 56 valence electrons. The zero-order valence-corrected chi connectivity index (χ0v) is 8.24. The first-order chi connectivity index (χ1) is 5.29. The van der Waals surface area contributed by atoms with Gasteiger partial charge in [-0.3, -0.25) is 4.40 Å². The van der Waals surface area contributed by atoms with E-state index >= 15 is 0 Å². The lowest BCUT2D eigenvalue weighted by Crippen LogP contribution is -1.87. The SMILES string of the molecule is Cc1cccn2c(I)cnc12. The molecule has 0 saturated carbocycles. The van der Waals surface area contributed by atoms with E-state index in [1.807, 2.05) is 18.5 Å². The maximum atomic E-state index is 4.27. The predicted octanol–water partition coefficient (Wildman–Crippen LogP) is 2.25. The monoisotopic (exact) mass is 258 g/mol. The second-order valence-electron chi connectivity index (χ2n) is 2.47. The Bertz CT molecular complexity index is 392. The van der Waals surface area contributed by atoms with Crippen LogP contribution in [-0.2, 0) is 0 Å². The highest BCUT2D eigenvalue weighted by molar-refractivity contribution is 14.1. The van der Waals surface area contributed by atoms with E-state index in [0.29, 0.717) is 0 Å². The zero-order valence-electron chi connectivity index (χ0n) is 6.08. The Labute approximate surface area is 78.4 Å². The summed E-state index contributed by atoms with van der Waals surface area (Å²) in [6, 6.07) is 4.10. The van der Waals surface area contributed by atoms with Crippen molar-refractivity contribution in [2.75, 3.05) is 0 Å². The quantitative estimate of drug-likeness (QED) is 0.662. The molecule has 3 heteroatoms. The van der Waals surface area contributed by atoms with Crippen molar-refractivity contribution >= 4 is 28.2 Å². The van der Waals surface area contributed by atoms with Crippen LogP contribution in [0.4, 0.5) is 0 Å². The molecule has 2 aromatic rings. The molecule has 2 heterocycles. The molecule has 0 radical (unpaired) electrons. The number of rotatable bonds is 0. The van der Waals surface area contributed by atoms with Crippen LogP contribution < -0.4 is 0 Å². The van der Waals surface area contributed by atoms with Gasteiger partial charge in [-0.25, -0.2) is 4.98 Å². The molecule has 0 fully saturated rings. The Balaban J connectivity index is 2.94. The summed E-state index contributed by atoms with van der Waals surface area (Å²) in [5, 5.41) is 0. The zero-order chi connectivity index (χ0) is 7.84. The Morgan fingerprint density at radius 1 is 1.55 bits per heavy atom. The van der Waals surface area contributed by atoms with E-state index in [-0.39, 0.29) is 0 Å². The maximum Gasteiger partial charge on any atom is 0.140 e. The van der Waals surface area contributed by atoms with Crippen molar-refractivity contribution in [3.05, 3.63) is 33.8 Å². The third-order valence-corrected chi connectivity index (χ3v) is 2.48. The van der Waals surface area contributed by atoms with E-state index in [1.54, 1.807) is 0 Å². The molecule has 0 unspecified atom stereocenters. The van der Waals surface area contributed by atoms with Crippen LogP contribution in [-0.4, -0.2) is 9.38 Å². The van der Waals surface area contributed by atoms with Gasteiger partial charge in [-0.15, -0.1) is 0 Å². The third-order valence-electron chi connectivity index (χ3n) is 1.69. The van der Waals surface area contributed by atoms with E-state index in [1.165, 1.54) is 5.56 Å². The molecule has 0 bridgehead atoms. The number of imidazole rings is 1. The van der Waals surface area contributed by atoms with Gasteiger partial charge in [-0.1, -0.05) is 6.07 Å². The molecule has 2 nitrogen and oxygen atoms in total. The fourth-order valence-electron chi connectivity index (χ4n) is 1.12. The van der Waals surface area contributed by atoms with Gasteiger partial charge in [-0.05, 0) is 41.1 Å². The van der Waals surface area contributed by atoms with Crippen LogP contribution in [0.15, 0.2) is 24.5 Å². The van der Waals surface area contributed by atoms with Crippen LogP contribution >= 0.6 is 22.6 Å². The highest BCUT2D eigenvalue weighted by Crippen LogP contribution is 2.11. The average Bonchev–Trinajstić information content (AvgIpc) is 2.35. The van der Waals surface area contributed by atoms with Gasteiger partial charge < -0.3 is 0 Å². The summed E-state index contributed by atoms with van der Waals surface area (Å²) in [5.41, 5.74) is 2.27. The molecule has 0 saturated heterocycles. The van der Waals surface area contributed by atoms with Crippen LogP contribution in [0.2, 0.25) is 0 Å². The van der Waals surface area contributed by atoms with Crippen molar-refractivity contribution in [3.8, 4) is 0 Å². The van der Waals surface area contributed by atoms with Gasteiger partial charge >= 0.3 is 0 Å². The van der Waals surface area contributed by atoms with Crippen LogP contribution in [0.25, 0.3) is 5.65 Å². The van der Waals surface area contributed by atoms with Crippen molar-refractivity contribution in [1.29, 1.82) is 0 Å². The number of pyridine rings is 1. The Kier molecular flexibility index (Phi) is 1.60. The largest absolute Gasteiger partial charge is 0.295 e. The third kappa shape index (κ3) is 1.03. The van der Waals surface area contributed by atoms with Crippen LogP contribution in [0, 0.1) is 10.6 Å². The first-order valence-corrected chi connectivity index (χ1v) is 4.45. The lowest BCUT2D eigenvalue weighted by molar-refractivity contribution is 1.13. The van der Waals surface area contributed by atoms with E-state index < -0.39 is 0 Å². The molecular weight excluding hydrogens is 251 g/mol. The van der Waals surface area contributed by atoms with Gasteiger partial charge in [-0.2, -0.15) is 0 Å². The summed E-state index contributed by atoms with van der Waals surface area (Å²) >= 11 is 2.27. The van der Waals surface area contributed by atoms with Crippen molar-refractivity contribution in [2.24, 2.45) is 0 Å². The minimum Gasteiger partial charge on any atom is -0.295 e. The molecular formula is C8H7IN2. The number of aromatic nitrogens is 2. The summed E-state index contributed by atoms with van der Waals surface area (Å²) in [6.45, 7) is 2.07. The van der Waals surface area contributed by atoms with E-state index in [0.717, 1.165) is 9.35 Å². The Morgan fingerprint density at radius 3 is 3.09 bits per heavy atom. The second-order valence-corrected chi connectivity index (χ2v) is 3.57. The number of nitrogens with zero attached hydrogens (tertiary/aromatic N) is 2. The summed E-state index contributed by atoms with van der Waals surface area (Å²) in [4.78, 5) is 4.27. The molecule has 0 amide bonds.